The molecule has 6 heteroatoms. The Morgan fingerprint density at radius 3 is 2.41 bits per heavy atom. The summed E-state index contributed by atoms with van der Waals surface area (Å²) in [6.07, 6.45) is 1.72. The number of benzene rings is 2. The summed E-state index contributed by atoms with van der Waals surface area (Å²) in [5.74, 6) is -0.593. The molecule has 0 unspecified atom stereocenters. The van der Waals surface area contributed by atoms with Crippen molar-refractivity contribution in [1.82, 2.24) is 9.38 Å². The quantitative estimate of drug-likeness (QED) is 0.546. The molecule has 2 heterocycles. The number of aryl methyl sites for hydroxylation is 2. The SMILES string of the molecule is Cc1ccc(C)c(NC(=O)c2nc(C(=O)Nc3ccccc3)c3ccccn23)c1. The van der Waals surface area contributed by atoms with Crippen LogP contribution in [-0.2, 0) is 0 Å². The maximum atomic E-state index is 13.0. The summed E-state index contributed by atoms with van der Waals surface area (Å²) in [4.78, 5) is 30.1. The Hall–Kier alpha value is -3.93. The summed E-state index contributed by atoms with van der Waals surface area (Å²) in [5, 5.41) is 5.73. The second kappa shape index (κ2) is 7.59. The summed E-state index contributed by atoms with van der Waals surface area (Å²) < 4.78 is 1.63. The summed E-state index contributed by atoms with van der Waals surface area (Å²) in [6, 6.07) is 20.4. The number of nitrogens with one attached hydrogen (secondary N) is 2. The molecule has 0 aliphatic heterocycles. The van der Waals surface area contributed by atoms with E-state index in [9.17, 15) is 9.59 Å². The van der Waals surface area contributed by atoms with E-state index in [1.807, 2.05) is 56.3 Å². The summed E-state index contributed by atoms with van der Waals surface area (Å²) >= 11 is 0. The average molecular weight is 384 g/mol. The van der Waals surface area contributed by atoms with Gasteiger partial charge in [0, 0.05) is 17.6 Å². The van der Waals surface area contributed by atoms with E-state index in [2.05, 4.69) is 15.6 Å². The van der Waals surface area contributed by atoms with Crippen LogP contribution < -0.4 is 10.6 Å². The number of para-hydroxylation sites is 1. The van der Waals surface area contributed by atoms with Crippen molar-refractivity contribution in [3.05, 3.63) is 95.6 Å². The highest BCUT2D eigenvalue weighted by molar-refractivity contribution is 6.10. The fourth-order valence-corrected chi connectivity index (χ4v) is 3.13. The highest BCUT2D eigenvalue weighted by Crippen LogP contribution is 2.20. The highest BCUT2D eigenvalue weighted by Gasteiger charge is 2.22. The van der Waals surface area contributed by atoms with Crippen molar-refractivity contribution in [2.45, 2.75) is 13.8 Å². The van der Waals surface area contributed by atoms with Gasteiger partial charge in [-0.25, -0.2) is 4.98 Å². The largest absolute Gasteiger partial charge is 0.321 e. The van der Waals surface area contributed by atoms with Gasteiger partial charge in [-0.15, -0.1) is 0 Å². The van der Waals surface area contributed by atoms with Gasteiger partial charge in [0.1, 0.15) is 0 Å². The molecular formula is C23H20N4O2. The molecule has 0 saturated carbocycles. The Bertz CT molecular complexity index is 1210. The van der Waals surface area contributed by atoms with Crippen LogP contribution >= 0.6 is 0 Å². The van der Waals surface area contributed by atoms with E-state index < -0.39 is 0 Å². The topological polar surface area (TPSA) is 75.5 Å². The van der Waals surface area contributed by atoms with E-state index >= 15 is 0 Å². The third kappa shape index (κ3) is 3.73. The fourth-order valence-electron chi connectivity index (χ4n) is 3.13. The Kier molecular flexibility index (Phi) is 4.83. The van der Waals surface area contributed by atoms with Gasteiger partial charge in [-0.05, 0) is 55.3 Å². The molecule has 2 amide bonds. The van der Waals surface area contributed by atoms with Gasteiger partial charge in [0.05, 0.1) is 5.52 Å². The first-order valence-corrected chi connectivity index (χ1v) is 9.25. The number of aromatic nitrogens is 2. The second-order valence-corrected chi connectivity index (χ2v) is 6.83. The zero-order valence-corrected chi connectivity index (χ0v) is 16.1. The first-order chi connectivity index (χ1) is 14.0. The van der Waals surface area contributed by atoms with Crippen molar-refractivity contribution in [1.29, 1.82) is 0 Å². The molecule has 2 aromatic carbocycles. The predicted octanol–water partition coefficient (Wildman–Crippen LogP) is 4.46. The van der Waals surface area contributed by atoms with E-state index in [1.165, 1.54) is 0 Å². The molecule has 6 nitrogen and oxygen atoms in total. The zero-order chi connectivity index (χ0) is 20.4. The minimum Gasteiger partial charge on any atom is -0.321 e. The molecule has 144 valence electrons. The van der Waals surface area contributed by atoms with Crippen LogP contribution in [0.4, 0.5) is 11.4 Å². The molecule has 0 aliphatic rings. The zero-order valence-electron chi connectivity index (χ0n) is 16.1. The fraction of sp³-hybridized carbons (Fsp3) is 0.0870. The number of nitrogens with zero attached hydrogens (tertiary/aromatic N) is 2. The number of hydrogen-bond acceptors (Lipinski definition) is 3. The molecule has 0 atom stereocenters. The number of amides is 2. The molecule has 4 rings (SSSR count). The van der Waals surface area contributed by atoms with Gasteiger partial charge in [-0.1, -0.05) is 36.4 Å². The van der Waals surface area contributed by atoms with Gasteiger partial charge < -0.3 is 10.6 Å². The van der Waals surface area contributed by atoms with Crippen LogP contribution in [0.15, 0.2) is 72.9 Å². The minimum atomic E-state index is -0.376. The lowest BCUT2D eigenvalue weighted by Crippen LogP contribution is -2.17. The molecule has 4 aromatic rings. The van der Waals surface area contributed by atoms with Crippen molar-refractivity contribution in [3.8, 4) is 0 Å². The molecule has 2 aromatic heterocycles. The molecule has 2 N–H and O–H groups in total. The van der Waals surface area contributed by atoms with Gasteiger partial charge in [0.25, 0.3) is 11.8 Å². The lowest BCUT2D eigenvalue weighted by atomic mass is 10.1. The number of carbonyl (C=O) groups is 2. The average Bonchev–Trinajstić information content (AvgIpc) is 3.11. The summed E-state index contributed by atoms with van der Waals surface area (Å²) in [6.45, 7) is 3.89. The van der Waals surface area contributed by atoms with Gasteiger partial charge in [-0.3, -0.25) is 14.0 Å². The molecule has 0 saturated heterocycles. The Balaban J connectivity index is 1.69. The van der Waals surface area contributed by atoms with Crippen LogP contribution in [0.2, 0.25) is 0 Å². The monoisotopic (exact) mass is 384 g/mol. The maximum Gasteiger partial charge on any atom is 0.292 e. The Labute approximate surface area is 168 Å². The van der Waals surface area contributed by atoms with Crippen LogP contribution in [-0.4, -0.2) is 21.2 Å². The lowest BCUT2D eigenvalue weighted by Gasteiger charge is -2.08. The van der Waals surface area contributed by atoms with Gasteiger partial charge >= 0.3 is 0 Å². The third-order valence-electron chi connectivity index (χ3n) is 4.64. The summed E-state index contributed by atoms with van der Waals surface area (Å²) in [5.41, 5.74) is 4.13. The van der Waals surface area contributed by atoms with Crippen molar-refractivity contribution >= 4 is 28.7 Å². The standard InChI is InChI=1S/C23H20N4O2/c1-15-11-12-16(2)18(14-15)25-23(29)21-26-20(19-10-6-7-13-27(19)21)22(28)24-17-8-4-3-5-9-17/h3-14H,1-2H3,(H,24,28)(H,25,29). The van der Waals surface area contributed by atoms with Crippen molar-refractivity contribution in [2.24, 2.45) is 0 Å². The normalized spacial score (nSPS) is 10.7. The number of imidazole rings is 1. The Morgan fingerprint density at radius 1 is 0.862 bits per heavy atom. The van der Waals surface area contributed by atoms with Gasteiger partial charge in [0.15, 0.2) is 5.69 Å². The van der Waals surface area contributed by atoms with Crippen LogP contribution in [0.5, 0.6) is 0 Å². The van der Waals surface area contributed by atoms with E-state index in [1.54, 1.807) is 34.9 Å². The van der Waals surface area contributed by atoms with Crippen molar-refractivity contribution < 1.29 is 9.59 Å². The van der Waals surface area contributed by atoms with Gasteiger partial charge in [0.2, 0.25) is 5.82 Å². The van der Waals surface area contributed by atoms with Crippen molar-refractivity contribution in [3.63, 3.8) is 0 Å². The highest BCUT2D eigenvalue weighted by atomic mass is 16.2. The molecule has 0 bridgehead atoms. The van der Waals surface area contributed by atoms with E-state index in [0.29, 0.717) is 11.2 Å². The molecule has 0 aliphatic carbocycles. The van der Waals surface area contributed by atoms with E-state index in [0.717, 1.165) is 16.8 Å². The van der Waals surface area contributed by atoms with Crippen molar-refractivity contribution in [2.75, 3.05) is 10.6 Å². The number of rotatable bonds is 4. The maximum absolute atomic E-state index is 13.0. The van der Waals surface area contributed by atoms with Crippen LogP contribution in [0.25, 0.3) is 5.52 Å². The first kappa shape index (κ1) is 18.4. The van der Waals surface area contributed by atoms with Crippen LogP contribution in [0.1, 0.15) is 32.2 Å². The third-order valence-corrected chi connectivity index (χ3v) is 4.64. The molecule has 0 spiro atoms. The van der Waals surface area contributed by atoms with E-state index in [4.69, 9.17) is 0 Å². The Morgan fingerprint density at radius 2 is 1.62 bits per heavy atom. The molecular weight excluding hydrogens is 364 g/mol. The molecule has 0 fully saturated rings. The van der Waals surface area contributed by atoms with Gasteiger partial charge in [-0.2, -0.15) is 0 Å². The molecule has 0 radical (unpaired) electrons. The smallest absolute Gasteiger partial charge is 0.292 e. The van der Waals surface area contributed by atoms with E-state index in [-0.39, 0.29) is 23.3 Å². The number of pyridine rings is 1. The minimum absolute atomic E-state index is 0.153. The summed E-state index contributed by atoms with van der Waals surface area (Å²) in [7, 11) is 0. The number of fused-ring (bicyclic) bond motifs is 1. The predicted molar refractivity (Wildman–Crippen MR) is 113 cm³/mol. The first-order valence-electron chi connectivity index (χ1n) is 9.25. The lowest BCUT2D eigenvalue weighted by molar-refractivity contribution is 0.101. The number of carbonyl (C=O) groups excluding carboxylic acids is 2. The second-order valence-electron chi connectivity index (χ2n) is 6.83. The number of anilines is 2. The molecule has 29 heavy (non-hydrogen) atoms. The van der Waals surface area contributed by atoms with Crippen LogP contribution in [0, 0.1) is 13.8 Å². The van der Waals surface area contributed by atoms with Crippen LogP contribution in [0.3, 0.4) is 0 Å². The number of hydrogen-bond donors (Lipinski definition) is 2.